The summed E-state index contributed by atoms with van der Waals surface area (Å²) in [5.74, 6) is -1.98. The smallest absolute Gasteiger partial charge is 0.371 e. The van der Waals surface area contributed by atoms with Crippen LogP contribution in [0.25, 0.3) is 0 Å². The summed E-state index contributed by atoms with van der Waals surface area (Å²) in [6.07, 6.45) is -3.87. The van der Waals surface area contributed by atoms with Crippen LogP contribution in [0.4, 0.5) is 53.9 Å². The van der Waals surface area contributed by atoms with E-state index < -0.39 is 53.6 Å². The van der Waals surface area contributed by atoms with Gasteiger partial charge in [-0.1, -0.05) is 13.0 Å². The second-order valence-electron chi connectivity index (χ2n) is 15.8. The number of likely N-dealkylation sites (tertiary alicyclic amines) is 1. The van der Waals surface area contributed by atoms with Gasteiger partial charge in [0.2, 0.25) is 17.8 Å². The van der Waals surface area contributed by atoms with Crippen LogP contribution in [0.15, 0.2) is 47.5 Å². The van der Waals surface area contributed by atoms with Gasteiger partial charge in [0, 0.05) is 79.3 Å². The zero-order valence-corrected chi connectivity index (χ0v) is 32.8. The number of nitrogens with zero attached hydrogens (tertiary/aromatic N) is 5. The van der Waals surface area contributed by atoms with Crippen molar-refractivity contribution in [3.63, 3.8) is 0 Å². The first-order valence-electron chi connectivity index (χ1n) is 19.8. The van der Waals surface area contributed by atoms with Gasteiger partial charge in [0.25, 0.3) is 6.43 Å². The second kappa shape index (κ2) is 18.0. The molecule has 4 unspecified atom stereocenters. The van der Waals surface area contributed by atoms with Crippen molar-refractivity contribution in [2.24, 2.45) is 11.8 Å². The molecule has 10 nitrogen and oxygen atoms in total. The number of piperidine rings is 4. The Hall–Kier alpha value is -4.16. The van der Waals surface area contributed by atoms with E-state index in [0.717, 1.165) is 43.4 Å². The van der Waals surface area contributed by atoms with E-state index in [0.29, 0.717) is 62.6 Å². The number of anilines is 4. The minimum Gasteiger partial charge on any atom is -0.371 e. The van der Waals surface area contributed by atoms with Gasteiger partial charge in [-0.25, -0.2) is 22.5 Å². The zero-order valence-electron chi connectivity index (χ0n) is 32.0. The fourth-order valence-corrected chi connectivity index (χ4v) is 9.28. The number of alkyl halides is 6. The molecule has 4 aliphatic rings. The molecule has 0 saturated carbocycles. The number of benzene rings is 2. The Labute approximate surface area is 336 Å². The van der Waals surface area contributed by atoms with Crippen LogP contribution in [0, 0.1) is 17.7 Å². The molecule has 5 heterocycles. The normalized spacial score (nSPS) is 24.0. The van der Waals surface area contributed by atoms with Crippen molar-refractivity contribution < 1.29 is 40.3 Å². The molecule has 58 heavy (non-hydrogen) atoms. The van der Waals surface area contributed by atoms with Crippen LogP contribution in [0.1, 0.15) is 80.9 Å². The topological polar surface area (TPSA) is 106 Å². The van der Waals surface area contributed by atoms with Gasteiger partial charge < -0.3 is 20.0 Å². The van der Waals surface area contributed by atoms with E-state index in [9.17, 15) is 31.5 Å². The molecule has 4 aliphatic heterocycles. The van der Waals surface area contributed by atoms with Gasteiger partial charge >= 0.3 is 6.18 Å². The zero-order chi connectivity index (χ0) is 41.1. The highest BCUT2D eigenvalue weighted by Gasteiger charge is 2.38. The van der Waals surface area contributed by atoms with Gasteiger partial charge in [-0.3, -0.25) is 19.6 Å². The van der Waals surface area contributed by atoms with Crippen molar-refractivity contribution >= 4 is 46.9 Å². The molecular weight excluding hydrogens is 790 g/mol. The molecule has 0 radical (unpaired) electrons. The SMILES string of the molecule is CC1CCCN(c2nc(Nc3ccc(SNC4CCN(CC5CCN(c6ccc(C7CCC(=O)NC7=O)c(F)c6)CC5)CC4F)cc3C(F)F)ncc2C(F)(F)F)C1. The number of carbonyl (C=O) groups excluding carboxylic acids is 2. The number of nitrogens with one attached hydrogen (secondary N) is 3. The number of rotatable bonds is 11. The van der Waals surface area contributed by atoms with Crippen molar-refractivity contribution in [3.05, 3.63) is 65.1 Å². The molecule has 3 aromatic rings. The first-order chi connectivity index (χ1) is 27.7. The highest BCUT2D eigenvalue weighted by Crippen LogP contribution is 2.39. The molecule has 18 heteroatoms. The van der Waals surface area contributed by atoms with Crippen LogP contribution in [-0.2, 0) is 15.8 Å². The van der Waals surface area contributed by atoms with Crippen molar-refractivity contribution in [1.29, 1.82) is 0 Å². The minimum atomic E-state index is -4.69. The fraction of sp³-hybridized carbons (Fsp3) is 0.550. The second-order valence-corrected chi connectivity index (χ2v) is 16.7. The van der Waals surface area contributed by atoms with Crippen molar-refractivity contribution in [2.45, 2.75) is 87.5 Å². The Morgan fingerprint density at radius 1 is 0.966 bits per heavy atom. The van der Waals surface area contributed by atoms with Crippen LogP contribution in [-0.4, -0.2) is 84.7 Å². The van der Waals surface area contributed by atoms with E-state index in [-0.39, 0.29) is 54.2 Å². The van der Waals surface area contributed by atoms with Crippen LogP contribution in [0.5, 0.6) is 0 Å². The van der Waals surface area contributed by atoms with Gasteiger partial charge in [0.05, 0.1) is 12.0 Å². The molecule has 0 spiro atoms. The van der Waals surface area contributed by atoms with Crippen molar-refractivity contribution in [1.82, 2.24) is 24.9 Å². The maximum absolute atomic E-state index is 15.5. The number of carbonyl (C=O) groups is 2. The fourth-order valence-electron chi connectivity index (χ4n) is 8.41. The molecule has 7 rings (SSSR count). The van der Waals surface area contributed by atoms with E-state index in [4.69, 9.17) is 0 Å². The van der Waals surface area contributed by atoms with Gasteiger partial charge in [-0.15, -0.1) is 0 Å². The molecule has 4 atom stereocenters. The summed E-state index contributed by atoms with van der Waals surface area (Å²) in [5.41, 5.74) is -0.401. The lowest BCUT2D eigenvalue weighted by Crippen LogP contribution is -2.50. The van der Waals surface area contributed by atoms with Crippen LogP contribution < -0.4 is 25.2 Å². The monoisotopic (exact) mass is 836 g/mol. The summed E-state index contributed by atoms with van der Waals surface area (Å²) in [6.45, 7) is 5.76. The molecule has 1 aromatic heterocycles. The molecule has 2 aromatic carbocycles. The van der Waals surface area contributed by atoms with Crippen molar-refractivity contribution in [2.75, 3.05) is 60.9 Å². The van der Waals surface area contributed by atoms with E-state index in [2.05, 4.69) is 35.1 Å². The minimum absolute atomic E-state index is 0.0468. The third-order valence-corrected chi connectivity index (χ3v) is 12.5. The first kappa shape index (κ1) is 42.0. The third kappa shape index (κ3) is 9.99. The number of imide groups is 1. The molecular formula is C40H47F7N8O2S. The number of hydrogen-bond acceptors (Lipinski definition) is 10. The lowest BCUT2D eigenvalue weighted by atomic mass is 9.89. The van der Waals surface area contributed by atoms with Crippen molar-refractivity contribution in [3.8, 4) is 0 Å². The Kier molecular flexibility index (Phi) is 13.0. The predicted molar refractivity (Wildman–Crippen MR) is 208 cm³/mol. The number of amides is 2. The highest BCUT2D eigenvalue weighted by molar-refractivity contribution is 7.97. The van der Waals surface area contributed by atoms with E-state index in [1.165, 1.54) is 18.2 Å². The molecule has 314 valence electrons. The largest absolute Gasteiger partial charge is 0.421 e. The van der Waals surface area contributed by atoms with Gasteiger partial charge in [0.1, 0.15) is 23.4 Å². The Morgan fingerprint density at radius 2 is 1.76 bits per heavy atom. The molecule has 0 aliphatic carbocycles. The standard InChI is InChI=1S/C40H47F7N8O2S/c1-23-3-2-13-55(20-23)37-30(40(45,46)47)19-48-39(51-37)49-33-8-5-26(18-29(33)36(43)44)58-52-34-12-14-53(22-32(34)42)21-24-10-15-54(16-11-24)25-4-6-27(31(41)17-25)28-7-9-35(56)50-38(28)57/h4-6,8,17-19,23-24,28,32,34,36,52H,2-3,7,9-16,20-22H2,1H3,(H,48,49,51)(H,50,56,57). The van der Waals surface area contributed by atoms with Gasteiger partial charge in [0.15, 0.2) is 0 Å². The molecule has 3 N–H and O–H groups in total. The lowest BCUT2D eigenvalue weighted by Gasteiger charge is -2.39. The average molecular weight is 837 g/mol. The summed E-state index contributed by atoms with van der Waals surface area (Å²) in [5, 5.41) is 4.98. The van der Waals surface area contributed by atoms with Gasteiger partial charge in [-0.05, 0) is 99.2 Å². The van der Waals surface area contributed by atoms with E-state index in [1.807, 2.05) is 13.0 Å². The molecule has 4 fully saturated rings. The molecule has 2 amide bonds. The summed E-state index contributed by atoms with van der Waals surface area (Å²) in [7, 11) is 0. The quantitative estimate of drug-likeness (QED) is 0.100. The summed E-state index contributed by atoms with van der Waals surface area (Å²) < 4.78 is 104. The number of aromatic nitrogens is 2. The predicted octanol–water partition coefficient (Wildman–Crippen LogP) is 8.00. The average Bonchev–Trinajstić information content (AvgIpc) is 3.18. The Bertz CT molecular complexity index is 1950. The Balaban J connectivity index is 0.893. The maximum Gasteiger partial charge on any atom is 0.421 e. The number of hydrogen-bond donors (Lipinski definition) is 3. The highest BCUT2D eigenvalue weighted by atomic mass is 32.2. The van der Waals surface area contributed by atoms with Crippen LogP contribution >= 0.6 is 11.9 Å². The van der Waals surface area contributed by atoms with E-state index >= 15 is 8.78 Å². The van der Waals surface area contributed by atoms with Crippen LogP contribution in [0.2, 0.25) is 0 Å². The Morgan fingerprint density at radius 3 is 2.45 bits per heavy atom. The maximum atomic E-state index is 15.5. The number of halogens is 7. The molecule has 4 saturated heterocycles. The molecule has 0 bridgehead atoms. The third-order valence-electron chi connectivity index (χ3n) is 11.6. The summed E-state index contributed by atoms with van der Waals surface area (Å²) in [4.78, 5) is 37.9. The van der Waals surface area contributed by atoms with E-state index in [1.54, 1.807) is 17.0 Å². The summed E-state index contributed by atoms with van der Waals surface area (Å²) >= 11 is 1.05. The summed E-state index contributed by atoms with van der Waals surface area (Å²) in [6, 6.07) is 8.61. The van der Waals surface area contributed by atoms with Crippen LogP contribution in [0.3, 0.4) is 0 Å². The lowest BCUT2D eigenvalue weighted by molar-refractivity contribution is -0.138. The van der Waals surface area contributed by atoms with Gasteiger partial charge in [-0.2, -0.15) is 18.2 Å². The first-order valence-corrected chi connectivity index (χ1v) is 20.6.